The number of hydrogen-bond acceptors (Lipinski definition) is 3. The van der Waals surface area contributed by atoms with Crippen LogP contribution in [0.25, 0.3) is 0 Å². The molecule has 3 heteroatoms. The van der Waals surface area contributed by atoms with Gasteiger partial charge in [-0.15, -0.1) is 0 Å². The Morgan fingerprint density at radius 1 is 1.36 bits per heavy atom. The van der Waals surface area contributed by atoms with Gasteiger partial charge in [-0.05, 0) is 31.4 Å². The van der Waals surface area contributed by atoms with E-state index in [9.17, 15) is 5.11 Å². The first-order valence-electron chi connectivity index (χ1n) is 4.84. The van der Waals surface area contributed by atoms with Crippen LogP contribution in [0.15, 0.2) is 12.1 Å². The average molecular weight is 194 g/mol. The maximum atomic E-state index is 9.67. The second-order valence-electron chi connectivity index (χ2n) is 3.40. The van der Waals surface area contributed by atoms with E-state index in [1.165, 1.54) is 0 Å². The van der Waals surface area contributed by atoms with Crippen molar-refractivity contribution in [2.45, 2.75) is 19.3 Å². The number of ether oxygens (including phenoxy) is 2. The Labute approximate surface area is 83.3 Å². The molecule has 76 valence electrons. The third kappa shape index (κ3) is 1.50. The molecule has 0 unspecified atom stereocenters. The first-order chi connectivity index (χ1) is 6.83. The van der Waals surface area contributed by atoms with Crippen LogP contribution in [0.2, 0.25) is 0 Å². The molecule has 0 saturated carbocycles. The van der Waals surface area contributed by atoms with Crippen LogP contribution in [0, 0.1) is 0 Å². The summed E-state index contributed by atoms with van der Waals surface area (Å²) < 4.78 is 10.8. The molecule has 0 radical (unpaired) electrons. The zero-order valence-electron chi connectivity index (χ0n) is 8.25. The van der Waals surface area contributed by atoms with E-state index in [1.807, 2.05) is 0 Å². The molecule has 0 amide bonds. The summed E-state index contributed by atoms with van der Waals surface area (Å²) in [5.41, 5.74) is 0.877. The van der Waals surface area contributed by atoms with Crippen LogP contribution in [0.4, 0.5) is 0 Å². The molecular formula is C11H14O3. The van der Waals surface area contributed by atoms with Gasteiger partial charge in [-0.1, -0.05) is 0 Å². The van der Waals surface area contributed by atoms with Gasteiger partial charge in [0.15, 0.2) is 11.5 Å². The van der Waals surface area contributed by atoms with Crippen molar-refractivity contribution in [3.05, 3.63) is 17.7 Å². The Kier molecular flexibility index (Phi) is 2.48. The van der Waals surface area contributed by atoms with Crippen LogP contribution in [0.3, 0.4) is 0 Å². The molecule has 14 heavy (non-hydrogen) atoms. The van der Waals surface area contributed by atoms with Crippen molar-refractivity contribution in [1.82, 2.24) is 0 Å². The molecule has 1 N–H and O–H groups in total. The van der Waals surface area contributed by atoms with Gasteiger partial charge in [-0.2, -0.15) is 0 Å². The highest BCUT2D eigenvalue weighted by Crippen LogP contribution is 2.39. The maximum Gasteiger partial charge on any atom is 0.168 e. The smallest absolute Gasteiger partial charge is 0.168 e. The lowest BCUT2D eigenvalue weighted by molar-refractivity contribution is 0.293. The van der Waals surface area contributed by atoms with Gasteiger partial charge in [-0.25, -0.2) is 0 Å². The molecule has 1 aliphatic heterocycles. The van der Waals surface area contributed by atoms with Gasteiger partial charge in [0.25, 0.3) is 0 Å². The van der Waals surface area contributed by atoms with Crippen molar-refractivity contribution in [2.75, 3.05) is 13.7 Å². The van der Waals surface area contributed by atoms with E-state index in [0.717, 1.165) is 24.8 Å². The fraction of sp³-hybridized carbons (Fsp3) is 0.455. The van der Waals surface area contributed by atoms with Crippen LogP contribution < -0.4 is 9.47 Å². The topological polar surface area (TPSA) is 38.7 Å². The van der Waals surface area contributed by atoms with Crippen molar-refractivity contribution in [3.63, 3.8) is 0 Å². The van der Waals surface area contributed by atoms with Gasteiger partial charge in [0, 0.05) is 5.56 Å². The van der Waals surface area contributed by atoms with E-state index in [2.05, 4.69) is 0 Å². The SMILES string of the molecule is COc1ccc(O)c2c1OCCCC2. The number of phenolic OH excluding ortho intramolecular Hbond substituents is 1. The fourth-order valence-electron chi connectivity index (χ4n) is 1.73. The molecule has 0 spiro atoms. The van der Waals surface area contributed by atoms with Gasteiger partial charge in [-0.3, -0.25) is 0 Å². The number of methoxy groups -OCH3 is 1. The monoisotopic (exact) mass is 194 g/mol. The summed E-state index contributed by atoms with van der Waals surface area (Å²) in [7, 11) is 1.61. The summed E-state index contributed by atoms with van der Waals surface area (Å²) >= 11 is 0. The number of fused-ring (bicyclic) bond motifs is 1. The number of benzene rings is 1. The highest BCUT2D eigenvalue weighted by atomic mass is 16.5. The van der Waals surface area contributed by atoms with E-state index < -0.39 is 0 Å². The molecule has 1 aliphatic rings. The predicted molar refractivity (Wildman–Crippen MR) is 53.1 cm³/mol. The van der Waals surface area contributed by atoms with Crippen molar-refractivity contribution in [1.29, 1.82) is 0 Å². The van der Waals surface area contributed by atoms with Crippen molar-refractivity contribution >= 4 is 0 Å². The van der Waals surface area contributed by atoms with Gasteiger partial charge in [0.1, 0.15) is 5.75 Å². The van der Waals surface area contributed by atoms with Gasteiger partial charge in [0.2, 0.25) is 0 Å². The van der Waals surface area contributed by atoms with Gasteiger partial charge in [0.05, 0.1) is 13.7 Å². The van der Waals surface area contributed by atoms with Crippen molar-refractivity contribution < 1.29 is 14.6 Å². The molecule has 0 fully saturated rings. The zero-order valence-corrected chi connectivity index (χ0v) is 8.25. The highest BCUT2D eigenvalue weighted by Gasteiger charge is 2.17. The summed E-state index contributed by atoms with van der Waals surface area (Å²) in [4.78, 5) is 0. The Hall–Kier alpha value is -1.38. The van der Waals surface area contributed by atoms with Crippen molar-refractivity contribution in [2.24, 2.45) is 0 Å². The Morgan fingerprint density at radius 3 is 3.00 bits per heavy atom. The zero-order chi connectivity index (χ0) is 9.97. The van der Waals surface area contributed by atoms with E-state index in [0.29, 0.717) is 23.9 Å². The summed E-state index contributed by atoms with van der Waals surface area (Å²) in [6.45, 7) is 0.701. The minimum absolute atomic E-state index is 0.308. The van der Waals surface area contributed by atoms with E-state index >= 15 is 0 Å². The first kappa shape index (κ1) is 9.19. The molecule has 1 aromatic rings. The molecule has 0 atom stereocenters. The molecule has 1 aromatic carbocycles. The number of rotatable bonds is 1. The highest BCUT2D eigenvalue weighted by molar-refractivity contribution is 5.53. The minimum Gasteiger partial charge on any atom is -0.508 e. The van der Waals surface area contributed by atoms with E-state index in [1.54, 1.807) is 19.2 Å². The molecule has 1 heterocycles. The summed E-state index contributed by atoms with van der Waals surface area (Å²) in [5, 5.41) is 9.67. The molecule has 0 aromatic heterocycles. The lowest BCUT2D eigenvalue weighted by Crippen LogP contribution is -1.97. The van der Waals surface area contributed by atoms with E-state index in [4.69, 9.17) is 9.47 Å². The first-order valence-corrected chi connectivity index (χ1v) is 4.84. The van der Waals surface area contributed by atoms with Crippen molar-refractivity contribution in [3.8, 4) is 17.2 Å². The maximum absolute atomic E-state index is 9.67. The molecule has 2 rings (SSSR count). The third-order valence-electron chi connectivity index (χ3n) is 2.49. The van der Waals surface area contributed by atoms with E-state index in [-0.39, 0.29) is 0 Å². The lowest BCUT2D eigenvalue weighted by Gasteiger charge is -2.12. The van der Waals surface area contributed by atoms with Gasteiger partial charge >= 0.3 is 0 Å². The van der Waals surface area contributed by atoms with Crippen LogP contribution in [-0.4, -0.2) is 18.8 Å². The summed E-state index contributed by atoms with van der Waals surface area (Å²) in [6, 6.07) is 3.39. The second-order valence-corrected chi connectivity index (χ2v) is 3.40. The molecular weight excluding hydrogens is 180 g/mol. The number of phenols is 1. The molecule has 3 nitrogen and oxygen atoms in total. The third-order valence-corrected chi connectivity index (χ3v) is 2.49. The molecule has 0 bridgehead atoms. The van der Waals surface area contributed by atoms with Crippen LogP contribution in [0.5, 0.6) is 17.2 Å². The molecule has 0 saturated heterocycles. The van der Waals surface area contributed by atoms with Crippen LogP contribution in [-0.2, 0) is 6.42 Å². The standard InChI is InChI=1S/C11H14O3/c1-13-10-6-5-9(12)8-4-2-3-7-14-11(8)10/h5-6,12H,2-4,7H2,1H3. The second kappa shape index (κ2) is 3.78. The minimum atomic E-state index is 0.308. The largest absolute Gasteiger partial charge is 0.508 e. The summed E-state index contributed by atoms with van der Waals surface area (Å²) in [5.74, 6) is 1.73. The normalized spacial score (nSPS) is 15.2. The van der Waals surface area contributed by atoms with Crippen LogP contribution >= 0.6 is 0 Å². The number of aromatic hydroxyl groups is 1. The fourth-order valence-corrected chi connectivity index (χ4v) is 1.73. The Bertz CT molecular complexity index is 334. The Balaban J connectivity index is 2.49. The molecule has 0 aliphatic carbocycles. The summed E-state index contributed by atoms with van der Waals surface area (Å²) in [6.07, 6.45) is 2.93. The number of hydrogen-bond donors (Lipinski definition) is 1. The Morgan fingerprint density at radius 2 is 2.21 bits per heavy atom. The van der Waals surface area contributed by atoms with Gasteiger partial charge < -0.3 is 14.6 Å². The lowest BCUT2D eigenvalue weighted by atomic mass is 10.1. The quantitative estimate of drug-likeness (QED) is 0.744. The average Bonchev–Trinajstić information content (AvgIpc) is 2.44. The predicted octanol–water partition coefficient (Wildman–Crippen LogP) is 2.12. The van der Waals surface area contributed by atoms with Crippen LogP contribution in [0.1, 0.15) is 18.4 Å².